The number of imidazole rings is 1. The highest BCUT2D eigenvalue weighted by molar-refractivity contribution is 5.59. The van der Waals surface area contributed by atoms with Gasteiger partial charge in [-0.2, -0.15) is 5.10 Å². The lowest BCUT2D eigenvalue weighted by atomic mass is 9.89. The van der Waals surface area contributed by atoms with Crippen molar-refractivity contribution in [2.24, 2.45) is 12.5 Å². The van der Waals surface area contributed by atoms with Gasteiger partial charge in [-0.15, -0.1) is 0 Å². The lowest BCUT2D eigenvalue weighted by Gasteiger charge is -2.27. The van der Waals surface area contributed by atoms with Crippen LogP contribution in [-0.2, 0) is 25.5 Å². The van der Waals surface area contributed by atoms with E-state index in [1.54, 1.807) is 29.2 Å². The highest BCUT2D eigenvalue weighted by Gasteiger charge is 2.40. The van der Waals surface area contributed by atoms with Gasteiger partial charge in [-0.3, -0.25) is 4.68 Å². The largest absolute Gasteiger partial charge is 0.379 e. The summed E-state index contributed by atoms with van der Waals surface area (Å²) in [6.45, 7) is 6.27. The molecule has 0 fully saturated rings. The normalized spacial score (nSPS) is 14.4. The standard InChI is InChI=1S/C21H26F2N4O/c1-20(2,3)11-16-13-24-18(26-16)12-21(28,19(22)23)15-7-5-14(6-8-15)17-9-10-25-27(17)4/h5-10,13,19,28H,11-12H2,1-4H3,(H,24,26). The Morgan fingerprint density at radius 1 is 1.11 bits per heavy atom. The van der Waals surface area contributed by atoms with Gasteiger partial charge in [-0.1, -0.05) is 45.0 Å². The maximum atomic E-state index is 13.9. The van der Waals surface area contributed by atoms with Crippen LogP contribution in [0.25, 0.3) is 11.3 Å². The van der Waals surface area contributed by atoms with Gasteiger partial charge >= 0.3 is 0 Å². The monoisotopic (exact) mass is 388 g/mol. The molecular weight excluding hydrogens is 362 g/mol. The molecule has 0 radical (unpaired) electrons. The first kappa shape index (κ1) is 20.2. The molecule has 0 amide bonds. The van der Waals surface area contributed by atoms with Crippen LogP contribution in [0.3, 0.4) is 0 Å². The van der Waals surface area contributed by atoms with Crippen molar-refractivity contribution in [3.05, 3.63) is 59.8 Å². The molecule has 3 aromatic rings. The second kappa shape index (κ2) is 7.47. The second-order valence-electron chi connectivity index (χ2n) is 8.41. The van der Waals surface area contributed by atoms with Crippen LogP contribution in [0.2, 0.25) is 0 Å². The molecule has 0 spiro atoms. The number of benzene rings is 1. The molecule has 0 bridgehead atoms. The molecule has 0 saturated carbocycles. The maximum absolute atomic E-state index is 13.9. The number of nitrogens with zero attached hydrogens (tertiary/aromatic N) is 3. The number of rotatable bonds is 6. The summed E-state index contributed by atoms with van der Waals surface area (Å²) >= 11 is 0. The molecule has 0 aliphatic carbocycles. The van der Waals surface area contributed by atoms with Crippen LogP contribution in [0.1, 0.15) is 37.9 Å². The summed E-state index contributed by atoms with van der Waals surface area (Å²) < 4.78 is 29.4. The van der Waals surface area contributed by atoms with Gasteiger partial charge in [0, 0.05) is 31.6 Å². The van der Waals surface area contributed by atoms with E-state index in [0.29, 0.717) is 5.82 Å². The van der Waals surface area contributed by atoms with Gasteiger partial charge in [0.25, 0.3) is 6.43 Å². The summed E-state index contributed by atoms with van der Waals surface area (Å²) in [5.41, 5.74) is 0.454. The van der Waals surface area contributed by atoms with E-state index in [-0.39, 0.29) is 17.4 Å². The van der Waals surface area contributed by atoms with E-state index in [1.165, 1.54) is 12.1 Å². The highest BCUT2D eigenvalue weighted by Crippen LogP contribution is 2.33. The van der Waals surface area contributed by atoms with Crippen LogP contribution in [0, 0.1) is 5.41 Å². The summed E-state index contributed by atoms with van der Waals surface area (Å²) in [5, 5.41) is 14.9. The first-order valence-electron chi connectivity index (χ1n) is 9.21. The van der Waals surface area contributed by atoms with Crippen LogP contribution < -0.4 is 0 Å². The Kier molecular flexibility index (Phi) is 5.39. The third-order valence-corrected chi connectivity index (χ3v) is 4.70. The van der Waals surface area contributed by atoms with Crippen LogP contribution in [0.5, 0.6) is 0 Å². The fourth-order valence-corrected chi connectivity index (χ4v) is 3.30. The number of aromatic nitrogens is 4. The third-order valence-electron chi connectivity index (χ3n) is 4.70. The minimum absolute atomic E-state index is 0.0461. The molecule has 28 heavy (non-hydrogen) atoms. The molecule has 1 unspecified atom stereocenters. The van der Waals surface area contributed by atoms with Gasteiger partial charge in [0.05, 0.1) is 5.69 Å². The van der Waals surface area contributed by atoms with Gasteiger partial charge in [0.15, 0.2) is 5.60 Å². The zero-order valence-electron chi connectivity index (χ0n) is 16.6. The van der Waals surface area contributed by atoms with Crippen molar-refractivity contribution in [2.45, 2.75) is 45.6 Å². The van der Waals surface area contributed by atoms with Crippen molar-refractivity contribution in [1.82, 2.24) is 19.7 Å². The van der Waals surface area contributed by atoms with Gasteiger partial charge in [0.1, 0.15) is 5.82 Å². The molecule has 0 aliphatic heterocycles. The molecule has 1 atom stereocenters. The highest BCUT2D eigenvalue weighted by atomic mass is 19.3. The molecule has 5 nitrogen and oxygen atoms in total. The van der Waals surface area contributed by atoms with E-state index in [2.05, 4.69) is 35.8 Å². The molecular formula is C21H26F2N4O. The Hall–Kier alpha value is -2.54. The predicted octanol–water partition coefficient (Wildman–Crippen LogP) is 4.09. The lowest BCUT2D eigenvalue weighted by molar-refractivity contribution is -0.102. The number of halogens is 2. The Balaban J connectivity index is 1.85. The predicted molar refractivity (Wildman–Crippen MR) is 104 cm³/mol. The Labute approximate surface area is 163 Å². The summed E-state index contributed by atoms with van der Waals surface area (Å²) in [5.74, 6) is 0.345. The SMILES string of the molecule is Cn1nccc1-c1ccc(C(O)(Cc2ncc(CC(C)(C)C)[nH]2)C(F)F)cc1. The van der Waals surface area contributed by atoms with Crippen molar-refractivity contribution in [3.8, 4) is 11.3 Å². The number of aromatic amines is 1. The van der Waals surface area contributed by atoms with Crippen LogP contribution in [0.4, 0.5) is 8.78 Å². The van der Waals surface area contributed by atoms with E-state index in [0.717, 1.165) is 23.4 Å². The fourth-order valence-electron chi connectivity index (χ4n) is 3.30. The van der Waals surface area contributed by atoms with Gasteiger partial charge < -0.3 is 10.1 Å². The second-order valence-corrected chi connectivity index (χ2v) is 8.41. The minimum atomic E-state index is -2.95. The van der Waals surface area contributed by atoms with Crippen molar-refractivity contribution in [3.63, 3.8) is 0 Å². The molecule has 3 rings (SSSR count). The molecule has 0 saturated heterocycles. The van der Waals surface area contributed by atoms with Gasteiger partial charge in [-0.05, 0) is 29.0 Å². The van der Waals surface area contributed by atoms with Gasteiger partial charge in [0.2, 0.25) is 0 Å². The smallest absolute Gasteiger partial charge is 0.271 e. The Morgan fingerprint density at radius 2 is 1.79 bits per heavy atom. The van der Waals surface area contributed by atoms with Crippen LogP contribution in [0.15, 0.2) is 42.7 Å². The molecule has 1 aromatic carbocycles. The number of hydrogen-bond acceptors (Lipinski definition) is 3. The average Bonchev–Trinajstić information content (AvgIpc) is 3.22. The molecule has 0 aliphatic rings. The number of nitrogens with one attached hydrogen (secondary N) is 1. The van der Waals surface area contributed by atoms with Crippen LogP contribution >= 0.6 is 0 Å². The quantitative estimate of drug-likeness (QED) is 0.668. The number of alkyl halides is 2. The average molecular weight is 388 g/mol. The lowest BCUT2D eigenvalue weighted by Crippen LogP contribution is -2.37. The van der Waals surface area contributed by atoms with E-state index in [4.69, 9.17) is 0 Å². The van der Waals surface area contributed by atoms with Gasteiger partial charge in [-0.25, -0.2) is 13.8 Å². The number of hydrogen-bond donors (Lipinski definition) is 2. The van der Waals surface area contributed by atoms with Crippen molar-refractivity contribution in [2.75, 3.05) is 0 Å². The molecule has 150 valence electrons. The van der Waals surface area contributed by atoms with Crippen molar-refractivity contribution >= 4 is 0 Å². The first-order chi connectivity index (χ1) is 13.1. The zero-order chi connectivity index (χ0) is 20.5. The zero-order valence-corrected chi connectivity index (χ0v) is 16.6. The third kappa shape index (κ3) is 4.30. The summed E-state index contributed by atoms with van der Waals surface area (Å²) in [7, 11) is 1.81. The molecule has 2 heterocycles. The van der Waals surface area contributed by atoms with E-state index >= 15 is 0 Å². The summed E-state index contributed by atoms with van der Waals surface area (Å²) in [6.07, 6.45) is 0.820. The number of H-pyrrole nitrogens is 1. The van der Waals surface area contributed by atoms with Crippen LogP contribution in [-0.4, -0.2) is 31.3 Å². The van der Waals surface area contributed by atoms with E-state index < -0.39 is 12.0 Å². The topological polar surface area (TPSA) is 66.7 Å². The Bertz CT molecular complexity index is 925. The number of aliphatic hydroxyl groups is 1. The van der Waals surface area contributed by atoms with Crippen molar-refractivity contribution < 1.29 is 13.9 Å². The molecule has 7 heteroatoms. The molecule has 2 N–H and O–H groups in total. The van der Waals surface area contributed by atoms with E-state index in [9.17, 15) is 13.9 Å². The molecule has 2 aromatic heterocycles. The van der Waals surface area contributed by atoms with Crippen molar-refractivity contribution in [1.29, 1.82) is 0 Å². The summed E-state index contributed by atoms with van der Waals surface area (Å²) in [4.78, 5) is 7.28. The minimum Gasteiger partial charge on any atom is -0.379 e. The first-order valence-corrected chi connectivity index (χ1v) is 9.21. The van der Waals surface area contributed by atoms with E-state index in [1.807, 2.05) is 13.1 Å². The Morgan fingerprint density at radius 3 is 2.32 bits per heavy atom. The summed E-state index contributed by atoms with van der Waals surface area (Å²) in [6, 6.07) is 8.34. The number of aryl methyl sites for hydroxylation is 1. The maximum Gasteiger partial charge on any atom is 0.271 e. The fraction of sp³-hybridized carbons (Fsp3) is 0.429.